The lowest BCUT2D eigenvalue weighted by atomic mass is 10.2. The second-order valence-electron chi connectivity index (χ2n) is 3.45. The van der Waals surface area contributed by atoms with Gasteiger partial charge in [-0.25, -0.2) is 8.42 Å². The summed E-state index contributed by atoms with van der Waals surface area (Å²) in [5, 5.41) is 3.08. The molecule has 0 amide bonds. The van der Waals surface area contributed by atoms with Gasteiger partial charge in [0.1, 0.15) is 0 Å². The summed E-state index contributed by atoms with van der Waals surface area (Å²) in [5.74, 6) is 1.41. The average Bonchev–Trinajstić information content (AvgIpc) is 2.19. The van der Waals surface area contributed by atoms with E-state index < -0.39 is 9.84 Å². The molecule has 0 aromatic rings. The zero-order valence-electron chi connectivity index (χ0n) is 8.62. The molecule has 0 unspecified atom stereocenters. The van der Waals surface area contributed by atoms with Crippen molar-refractivity contribution in [1.29, 1.82) is 0 Å². The van der Waals surface area contributed by atoms with Crippen molar-refractivity contribution in [1.82, 2.24) is 5.32 Å². The minimum Gasteiger partial charge on any atom is -0.373 e. The molecule has 1 aliphatic rings. The summed E-state index contributed by atoms with van der Waals surface area (Å²) in [5.41, 5.74) is 0. The van der Waals surface area contributed by atoms with Gasteiger partial charge in [0.2, 0.25) is 0 Å². The van der Waals surface area contributed by atoms with E-state index in [2.05, 4.69) is 10.3 Å². The number of nitrogens with one attached hydrogen (secondary N) is 1. The van der Waals surface area contributed by atoms with Gasteiger partial charge in [0, 0.05) is 25.3 Å². The molecule has 0 bridgehead atoms. The fraction of sp³-hybridized carbons (Fsp3) is 0.889. The van der Waals surface area contributed by atoms with Crippen molar-refractivity contribution in [2.75, 3.05) is 24.6 Å². The molecule has 14 heavy (non-hydrogen) atoms. The number of aliphatic imine (C=N–C) groups is 1. The van der Waals surface area contributed by atoms with Gasteiger partial charge in [-0.1, -0.05) is 6.92 Å². The Morgan fingerprint density at radius 1 is 1.43 bits per heavy atom. The number of amidine groups is 1. The molecule has 0 aromatic heterocycles. The summed E-state index contributed by atoms with van der Waals surface area (Å²) in [6, 6.07) is 0. The van der Waals surface area contributed by atoms with Crippen molar-refractivity contribution in [3.63, 3.8) is 0 Å². The first kappa shape index (κ1) is 11.5. The summed E-state index contributed by atoms with van der Waals surface area (Å²) in [6.45, 7) is 3.05. The standard InChI is InChI=1S/C9H18N2O2S/c1-2-14(12,13)8-7-11-9-5-3-4-6-10-9/h2-8H2,1H3,(H,10,11). The molecule has 4 nitrogen and oxygen atoms in total. The van der Waals surface area contributed by atoms with E-state index in [1.165, 1.54) is 0 Å². The Balaban J connectivity index is 2.24. The monoisotopic (exact) mass is 218 g/mol. The SMILES string of the molecule is CCS(=O)(=O)CCNC1=NCCCC1. The van der Waals surface area contributed by atoms with E-state index in [-0.39, 0.29) is 11.5 Å². The van der Waals surface area contributed by atoms with Gasteiger partial charge in [-0.3, -0.25) is 4.99 Å². The topological polar surface area (TPSA) is 58.5 Å². The van der Waals surface area contributed by atoms with Crippen LogP contribution < -0.4 is 5.32 Å². The second-order valence-corrected chi connectivity index (χ2v) is 5.92. The average molecular weight is 218 g/mol. The Labute approximate surface area is 85.7 Å². The normalized spacial score (nSPS) is 17.6. The number of sulfone groups is 1. The summed E-state index contributed by atoms with van der Waals surface area (Å²) < 4.78 is 22.3. The Kier molecular flexibility index (Phi) is 4.38. The van der Waals surface area contributed by atoms with Gasteiger partial charge in [0.15, 0.2) is 9.84 Å². The highest BCUT2D eigenvalue weighted by Crippen LogP contribution is 2.03. The van der Waals surface area contributed by atoms with Crippen LogP contribution in [0, 0.1) is 0 Å². The van der Waals surface area contributed by atoms with Crippen LogP contribution in [0.5, 0.6) is 0 Å². The summed E-state index contributed by atoms with van der Waals surface area (Å²) in [7, 11) is -2.84. The molecular formula is C9H18N2O2S. The molecule has 0 saturated heterocycles. The van der Waals surface area contributed by atoms with Crippen LogP contribution in [0.4, 0.5) is 0 Å². The van der Waals surface area contributed by atoms with Gasteiger partial charge < -0.3 is 5.32 Å². The van der Waals surface area contributed by atoms with Gasteiger partial charge in [0.05, 0.1) is 11.6 Å². The minimum absolute atomic E-state index is 0.211. The highest BCUT2D eigenvalue weighted by molar-refractivity contribution is 7.91. The zero-order chi connectivity index (χ0) is 10.4. The predicted molar refractivity (Wildman–Crippen MR) is 58.5 cm³/mol. The Morgan fingerprint density at radius 2 is 2.21 bits per heavy atom. The van der Waals surface area contributed by atoms with E-state index in [0.29, 0.717) is 6.54 Å². The summed E-state index contributed by atoms with van der Waals surface area (Å²) in [4.78, 5) is 4.29. The molecule has 82 valence electrons. The van der Waals surface area contributed by atoms with Crippen molar-refractivity contribution in [3.8, 4) is 0 Å². The van der Waals surface area contributed by atoms with Gasteiger partial charge in [-0.05, 0) is 12.8 Å². The molecule has 0 atom stereocenters. The third kappa shape index (κ3) is 4.09. The van der Waals surface area contributed by atoms with Gasteiger partial charge in [-0.15, -0.1) is 0 Å². The molecule has 5 heteroatoms. The van der Waals surface area contributed by atoms with Crippen molar-refractivity contribution in [2.45, 2.75) is 26.2 Å². The van der Waals surface area contributed by atoms with Crippen LogP contribution in [0.2, 0.25) is 0 Å². The highest BCUT2D eigenvalue weighted by atomic mass is 32.2. The van der Waals surface area contributed by atoms with Crippen molar-refractivity contribution < 1.29 is 8.42 Å². The molecule has 1 N–H and O–H groups in total. The molecule has 1 aliphatic heterocycles. The lowest BCUT2D eigenvalue weighted by Gasteiger charge is -2.13. The first-order chi connectivity index (χ1) is 6.64. The van der Waals surface area contributed by atoms with Gasteiger partial charge in [-0.2, -0.15) is 0 Å². The van der Waals surface area contributed by atoms with Crippen LogP contribution in [-0.2, 0) is 9.84 Å². The third-order valence-electron chi connectivity index (χ3n) is 2.31. The van der Waals surface area contributed by atoms with Crippen molar-refractivity contribution >= 4 is 15.7 Å². The van der Waals surface area contributed by atoms with Crippen LogP contribution in [0.3, 0.4) is 0 Å². The van der Waals surface area contributed by atoms with E-state index in [4.69, 9.17) is 0 Å². The first-order valence-corrected chi connectivity index (χ1v) is 6.94. The smallest absolute Gasteiger partial charge is 0.151 e. The third-order valence-corrected chi connectivity index (χ3v) is 4.01. The Morgan fingerprint density at radius 3 is 2.79 bits per heavy atom. The van der Waals surface area contributed by atoms with Crippen LogP contribution in [0.15, 0.2) is 4.99 Å². The van der Waals surface area contributed by atoms with Crippen LogP contribution in [0.25, 0.3) is 0 Å². The first-order valence-electron chi connectivity index (χ1n) is 5.11. The van der Waals surface area contributed by atoms with Gasteiger partial charge >= 0.3 is 0 Å². The van der Waals surface area contributed by atoms with Crippen molar-refractivity contribution in [3.05, 3.63) is 0 Å². The molecule has 0 spiro atoms. The highest BCUT2D eigenvalue weighted by Gasteiger charge is 2.08. The fourth-order valence-electron chi connectivity index (χ4n) is 1.34. The molecule has 0 aliphatic carbocycles. The Hall–Kier alpha value is -0.580. The predicted octanol–water partition coefficient (Wildman–Crippen LogP) is 0.593. The maximum Gasteiger partial charge on any atom is 0.151 e. The van der Waals surface area contributed by atoms with E-state index in [9.17, 15) is 8.42 Å². The molecule has 1 rings (SSSR count). The van der Waals surface area contributed by atoms with Crippen molar-refractivity contribution in [2.24, 2.45) is 4.99 Å². The van der Waals surface area contributed by atoms with E-state index in [1.54, 1.807) is 6.92 Å². The largest absolute Gasteiger partial charge is 0.373 e. The zero-order valence-corrected chi connectivity index (χ0v) is 9.44. The maximum atomic E-state index is 11.2. The number of nitrogens with zero attached hydrogens (tertiary/aromatic N) is 1. The lowest BCUT2D eigenvalue weighted by molar-refractivity contribution is 0.595. The number of hydrogen-bond acceptors (Lipinski definition) is 4. The van der Waals surface area contributed by atoms with Crippen LogP contribution in [0.1, 0.15) is 26.2 Å². The van der Waals surface area contributed by atoms with E-state index in [0.717, 1.165) is 31.6 Å². The molecule has 1 heterocycles. The molecule has 0 saturated carbocycles. The van der Waals surface area contributed by atoms with Crippen LogP contribution >= 0.6 is 0 Å². The maximum absolute atomic E-state index is 11.2. The Bertz CT molecular complexity index is 296. The van der Waals surface area contributed by atoms with Gasteiger partial charge in [0.25, 0.3) is 0 Å². The number of rotatable bonds is 4. The minimum atomic E-state index is -2.84. The van der Waals surface area contributed by atoms with E-state index in [1.807, 2.05) is 0 Å². The fourth-order valence-corrected chi connectivity index (χ4v) is 2.04. The molecule has 0 radical (unpaired) electrons. The lowest BCUT2D eigenvalue weighted by Crippen LogP contribution is -2.31. The summed E-state index contributed by atoms with van der Waals surface area (Å²) >= 11 is 0. The molecule has 0 aromatic carbocycles. The number of hydrogen-bond donors (Lipinski definition) is 1. The summed E-state index contributed by atoms with van der Waals surface area (Å²) in [6.07, 6.45) is 3.27. The second kappa shape index (κ2) is 5.34. The van der Waals surface area contributed by atoms with Crippen LogP contribution in [-0.4, -0.2) is 38.8 Å². The molecule has 0 fully saturated rings. The van der Waals surface area contributed by atoms with E-state index >= 15 is 0 Å². The molecular weight excluding hydrogens is 200 g/mol. The quantitative estimate of drug-likeness (QED) is 0.751.